The lowest BCUT2D eigenvalue weighted by Crippen LogP contribution is -2.48. The number of hydrogen-bond donors (Lipinski definition) is 3. The van der Waals surface area contributed by atoms with Crippen molar-refractivity contribution in [1.29, 1.82) is 0 Å². The summed E-state index contributed by atoms with van der Waals surface area (Å²) in [7, 11) is 0. The minimum atomic E-state index is -1.03. The molecule has 1 aromatic carbocycles. The molecule has 1 aromatic rings. The van der Waals surface area contributed by atoms with Gasteiger partial charge in [-0.2, -0.15) is 0 Å². The molecular weight excluding hydrogens is 359 g/mol. The maximum absolute atomic E-state index is 11.6. The molecule has 0 spiro atoms. The zero-order chi connectivity index (χ0) is 14.4. The molecule has 3 N–H and O–H groups in total. The van der Waals surface area contributed by atoms with E-state index in [2.05, 4.69) is 33.2 Å². The number of hydrogen-bond acceptors (Lipinski definition) is 2. The molecule has 2 amide bonds. The lowest BCUT2D eigenvalue weighted by molar-refractivity contribution is -0.140. The molecule has 0 aromatic heterocycles. The van der Waals surface area contributed by atoms with Crippen molar-refractivity contribution in [3.05, 3.63) is 33.4 Å². The van der Waals surface area contributed by atoms with Crippen LogP contribution in [0.15, 0.2) is 24.3 Å². The highest BCUT2D eigenvalue weighted by Crippen LogP contribution is 2.06. The van der Waals surface area contributed by atoms with Crippen molar-refractivity contribution in [2.24, 2.45) is 5.92 Å². The van der Waals surface area contributed by atoms with Crippen LogP contribution in [0.2, 0.25) is 0 Å². The van der Waals surface area contributed by atoms with Crippen LogP contribution in [0.3, 0.4) is 0 Å². The number of halogens is 1. The SMILES string of the molecule is CC(C)C(NC(=O)NCc1ccc(I)cc1)C(=O)O. The summed E-state index contributed by atoms with van der Waals surface area (Å²) in [5, 5.41) is 14.1. The highest BCUT2D eigenvalue weighted by molar-refractivity contribution is 14.1. The van der Waals surface area contributed by atoms with Crippen molar-refractivity contribution in [1.82, 2.24) is 10.6 Å². The van der Waals surface area contributed by atoms with E-state index in [1.807, 2.05) is 24.3 Å². The summed E-state index contributed by atoms with van der Waals surface area (Å²) < 4.78 is 1.12. The molecule has 6 heteroatoms. The smallest absolute Gasteiger partial charge is 0.326 e. The topological polar surface area (TPSA) is 78.4 Å². The van der Waals surface area contributed by atoms with E-state index >= 15 is 0 Å². The number of amides is 2. The third kappa shape index (κ3) is 5.46. The molecule has 5 nitrogen and oxygen atoms in total. The van der Waals surface area contributed by atoms with Gasteiger partial charge in [0.25, 0.3) is 0 Å². The Morgan fingerprint density at radius 3 is 2.32 bits per heavy atom. The number of aliphatic carboxylic acids is 1. The number of nitrogens with one attached hydrogen (secondary N) is 2. The highest BCUT2D eigenvalue weighted by Gasteiger charge is 2.23. The van der Waals surface area contributed by atoms with Crippen LogP contribution in [0.5, 0.6) is 0 Å². The summed E-state index contributed by atoms with van der Waals surface area (Å²) in [6.45, 7) is 3.86. The molecule has 1 unspecified atom stereocenters. The van der Waals surface area contributed by atoms with Crippen molar-refractivity contribution < 1.29 is 14.7 Å². The average Bonchev–Trinajstić information content (AvgIpc) is 2.34. The van der Waals surface area contributed by atoms with E-state index in [0.717, 1.165) is 9.13 Å². The summed E-state index contributed by atoms with van der Waals surface area (Å²) in [5.41, 5.74) is 0.965. The minimum Gasteiger partial charge on any atom is -0.480 e. The Labute approximate surface area is 125 Å². The van der Waals surface area contributed by atoms with Gasteiger partial charge in [-0.3, -0.25) is 0 Å². The Bertz CT molecular complexity index is 446. The maximum atomic E-state index is 11.6. The minimum absolute atomic E-state index is 0.165. The molecule has 104 valence electrons. The second kappa shape index (κ2) is 7.32. The molecule has 0 fully saturated rings. The van der Waals surface area contributed by atoms with E-state index in [1.54, 1.807) is 13.8 Å². The van der Waals surface area contributed by atoms with Gasteiger partial charge < -0.3 is 15.7 Å². The van der Waals surface area contributed by atoms with Crippen molar-refractivity contribution in [3.63, 3.8) is 0 Å². The Hall–Kier alpha value is -1.31. The number of rotatable bonds is 5. The van der Waals surface area contributed by atoms with Crippen LogP contribution in [0, 0.1) is 9.49 Å². The fraction of sp³-hybridized carbons (Fsp3) is 0.385. The summed E-state index contributed by atoms with van der Waals surface area (Å²) in [6, 6.07) is 6.38. The van der Waals surface area contributed by atoms with Gasteiger partial charge in [0.1, 0.15) is 6.04 Å². The van der Waals surface area contributed by atoms with Crippen LogP contribution < -0.4 is 10.6 Å². The maximum Gasteiger partial charge on any atom is 0.326 e. The molecule has 0 saturated heterocycles. The number of benzene rings is 1. The normalized spacial score (nSPS) is 12.0. The predicted octanol–water partition coefficient (Wildman–Crippen LogP) is 2.20. The van der Waals surface area contributed by atoms with Gasteiger partial charge >= 0.3 is 12.0 Å². The number of carbonyl (C=O) groups is 2. The largest absolute Gasteiger partial charge is 0.480 e. The Morgan fingerprint density at radius 2 is 1.84 bits per heavy atom. The third-order valence-corrected chi connectivity index (χ3v) is 3.30. The summed E-state index contributed by atoms with van der Waals surface area (Å²) in [6.07, 6.45) is 0. The first-order chi connectivity index (χ1) is 8.90. The van der Waals surface area contributed by atoms with Crippen LogP contribution in [-0.4, -0.2) is 23.1 Å². The van der Waals surface area contributed by atoms with Gasteiger partial charge in [0.2, 0.25) is 0 Å². The van der Waals surface area contributed by atoms with E-state index in [9.17, 15) is 9.59 Å². The first-order valence-corrected chi connectivity index (χ1v) is 6.99. The molecule has 0 aliphatic rings. The van der Waals surface area contributed by atoms with Gasteiger partial charge in [-0.1, -0.05) is 26.0 Å². The molecule has 0 bridgehead atoms. The fourth-order valence-electron chi connectivity index (χ4n) is 1.49. The first-order valence-electron chi connectivity index (χ1n) is 5.91. The molecule has 0 heterocycles. The van der Waals surface area contributed by atoms with Gasteiger partial charge in [-0.25, -0.2) is 9.59 Å². The van der Waals surface area contributed by atoms with Crippen LogP contribution in [0.25, 0.3) is 0 Å². The third-order valence-electron chi connectivity index (χ3n) is 2.59. The van der Waals surface area contributed by atoms with E-state index in [-0.39, 0.29) is 5.92 Å². The van der Waals surface area contributed by atoms with E-state index < -0.39 is 18.0 Å². The van der Waals surface area contributed by atoms with E-state index in [1.165, 1.54) is 0 Å². The van der Waals surface area contributed by atoms with Crippen LogP contribution in [0.4, 0.5) is 4.79 Å². The molecule has 0 aliphatic carbocycles. The fourth-order valence-corrected chi connectivity index (χ4v) is 1.85. The molecule has 0 saturated carbocycles. The van der Waals surface area contributed by atoms with Crippen LogP contribution >= 0.6 is 22.6 Å². The Balaban J connectivity index is 2.47. The van der Waals surface area contributed by atoms with Crippen molar-refractivity contribution in [3.8, 4) is 0 Å². The van der Waals surface area contributed by atoms with Crippen LogP contribution in [-0.2, 0) is 11.3 Å². The molecular formula is C13H17IN2O3. The monoisotopic (exact) mass is 376 g/mol. The molecule has 19 heavy (non-hydrogen) atoms. The van der Waals surface area contributed by atoms with Gasteiger partial charge in [0.05, 0.1) is 0 Å². The molecule has 1 atom stereocenters. The van der Waals surface area contributed by atoms with Crippen molar-refractivity contribution in [2.45, 2.75) is 26.4 Å². The second-order valence-corrected chi connectivity index (χ2v) is 5.76. The quantitative estimate of drug-likeness (QED) is 0.690. The number of carbonyl (C=O) groups excluding carboxylic acids is 1. The predicted molar refractivity (Wildman–Crippen MR) is 80.8 cm³/mol. The summed E-state index contributed by atoms with van der Waals surface area (Å²) >= 11 is 2.20. The summed E-state index contributed by atoms with van der Waals surface area (Å²) in [4.78, 5) is 22.6. The molecule has 0 aliphatic heterocycles. The van der Waals surface area contributed by atoms with Gasteiger partial charge in [-0.05, 0) is 46.2 Å². The Morgan fingerprint density at radius 1 is 1.26 bits per heavy atom. The van der Waals surface area contributed by atoms with E-state index in [4.69, 9.17) is 5.11 Å². The standard InChI is InChI=1S/C13H17IN2O3/c1-8(2)11(12(17)18)16-13(19)15-7-9-3-5-10(14)6-4-9/h3-6,8,11H,7H2,1-2H3,(H,17,18)(H2,15,16,19). The first kappa shape index (κ1) is 15.7. The highest BCUT2D eigenvalue weighted by atomic mass is 127. The van der Waals surface area contributed by atoms with Crippen molar-refractivity contribution in [2.75, 3.05) is 0 Å². The zero-order valence-corrected chi connectivity index (χ0v) is 13.0. The average molecular weight is 376 g/mol. The molecule has 1 rings (SSSR count). The lowest BCUT2D eigenvalue weighted by atomic mass is 10.1. The number of carboxylic acid groups (broad SMARTS) is 1. The number of urea groups is 1. The summed E-state index contributed by atoms with van der Waals surface area (Å²) in [5.74, 6) is -1.19. The Kier molecular flexibility index (Phi) is 6.07. The van der Waals surface area contributed by atoms with Crippen LogP contribution in [0.1, 0.15) is 19.4 Å². The second-order valence-electron chi connectivity index (χ2n) is 4.51. The van der Waals surface area contributed by atoms with Crippen molar-refractivity contribution >= 4 is 34.6 Å². The van der Waals surface area contributed by atoms with E-state index in [0.29, 0.717) is 6.54 Å². The number of carboxylic acids is 1. The van der Waals surface area contributed by atoms with Gasteiger partial charge in [0.15, 0.2) is 0 Å². The lowest BCUT2D eigenvalue weighted by Gasteiger charge is -2.18. The molecule has 0 radical (unpaired) electrons. The van der Waals surface area contributed by atoms with Gasteiger partial charge in [-0.15, -0.1) is 0 Å². The van der Waals surface area contributed by atoms with Gasteiger partial charge in [0, 0.05) is 10.1 Å². The zero-order valence-electron chi connectivity index (χ0n) is 10.8.